The highest BCUT2D eigenvalue weighted by molar-refractivity contribution is 7.89. The van der Waals surface area contributed by atoms with E-state index in [4.69, 9.17) is 16.3 Å². The average Bonchev–Trinajstić information content (AvgIpc) is 3.23. The minimum absolute atomic E-state index is 0.141. The van der Waals surface area contributed by atoms with Gasteiger partial charge in [0.2, 0.25) is 15.2 Å². The summed E-state index contributed by atoms with van der Waals surface area (Å²) in [5.41, 5.74) is 5.22. The number of thiazole rings is 1. The lowest BCUT2D eigenvalue weighted by Gasteiger charge is -2.34. The van der Waals surface area contributed by atoms with Crippen LogP contribution in [0.25, 0.3) is 11.3 Å². The van der Waals surface area contributed by atoms with Crippen LogP contribution in [0.3, 0.4) is 0 Å². The highest BCUT2D eigenvalue weighted by atomic mass is 35.5. The summed E-state index contributed by atoms with van der Waals surface area (Å²) in [6.07, 6.45) is 1.39. The average molecular weight is 491 g/mol. The molecule has 7 nitrogen and oxygen atoms in total. The minimum Gasteiger partial charge on any atom is -0.373 e. The normalized spacial score (nSPS) is 20.0. The van der Waals surface area contributed by atoms with Crippen molar-refractivity contribution in [2.75, 3.05) is 18.5 Å². The molecular formula is C22H23ClN4O3S2. The molecule has 1 fully saturated rings. The van der Waals surface area contributed by atoms with Crippen molar-refractivity contribution in [3.05, 3.63) is 64.5 Å². The number of ether oxygens (including phenoxy) is 1. The Morgan fingerprint density at radius 2 is 1.91 bits per heavy atom. The summed E-state index contributed by atoms with van der Waals surface area (Å²) in [4.78, 5) is 4.78. The summed E-state index contributed by atoms with van der Waals surface area (Å²) in [6.45, 7) is 4.45. The zero-order chi connectivity index (χ0) is 22.7. The number of nitrogens with one attached hydrogen (secondary N) is 1. The molecule has 2 atom stereocenters. The largest absolute Gasteiger partial charge is 0.373 e. The molecule has 0 radical (unpaired) electrons. The number of morpholine rings is 1. The van der Waals surface area contributed by atoms with Crippen LogP contribution in [0.2, 0.25) is 5.02 Å². The van der Waals surface area contributed by atoms with Crippen LogP contribution in [-0.2, 0) is 14.8 Å². The molecule has 32 heavy (non-hydrogen) atoms. The number of halogens is 1. The van der Waals surface area contributed by atoms with E-state index in [1.165, 1.54) is 15.6 Å². The van der Waals surface area contributed by atoms with Crippen molar-refractivity contribution in [3.63, 3.8) is 0 Å². The van der Waals surface area contributed by atoms with Gasteiger partial charge < -0.3 is 4.74 Å². The standard InChI is InChI=1S/C22H23ClN4O3S2/c1-15-12-27(13-16(2)30-15)32(28,29)20-5-3-4-18(10-20)21-14-31-22(25-21)26-24-11-17-6-8-19(23)9-7-17/h3-11,14-16H,12-13H2,1-2H3,(H,25,26)/b24-11+/t15-,16+. The van der Waals surface area contributed by atoms with Crippen molar-refractivity contribution >= 4 is 44.3 Å². The molecule has 4 rings (SSSR count). The molecule has 1 aromatic heterocycles. The Balaban J connectivity index is 1.49. The second-order valence-corrected chi connectivity index (χ2v) is 10.8. The molecule has 0 saturated carbocycles. The molecule has 10 heteroatoms. The van der Waals surface area contributed by atoms with E-state index < -0.39 is 10.0 Å². The highest BCUT2D eigenvalue weighted by Crippen LogP contribution is 2.28. The van der Waals surface area contributed by atoms with E-state index in [1.54, 1.807) is 36.5 Å². The minimum atomic E-state index is -3.62. The fraction of sp³-hybridized carbons (Fsp3) is 0.273. The maximum absolute atomic E-state index is 13.2. The zero-order valence-electron chi connectivity index (χ0n) is 17.6. The number of rotatable bonds is 6. The summed E-state index contributed by atoms with van der Waals surface area (Å²) in [5.74, 6) is 0. The van der Waals surface area contributed by atoms with Crippen molar-refractivity contribution in [3.8, 4) is 11.3 Å². The summed E-state index contributed by atoms with van der Waals surface area (Å²) in [6, 6.07) is 14.2. The molecule has 0 spiro atoms. The van der Waals surface area contributed by atoms with Gasteiger partial charge in [0.15, 0.2) is 0 Å². The van der Waals surface area contributed by atoms with Gasteiger partial charge in [0.05, 0.1) is 29.0 Å². The van der Waals surface area contributed by atoms with Gasteiger partial charge >= 0.3 is 0 Å². The van der Waals surface area contributed by atoms with Gasteiger partial charge in [-0.1, -0.05) is 35.9 Å². The summed E-state index contributed by atoms with van der Waals surface area (Å²) >= 11 is 7.27. The maximum atomic E-state index is 13.2. The van der Waals surface area contributed by atoms with Gasteiger partial charge in [0.1, 0.15) is 0 Å². The lowest BCUT2D eigenvalue weighted by atomic mass is 10.2. The Kier molecular flexibility index (Phi) is 6.92. The van der Waals surface area contributed by atoms with Gasteiger partial charge in [-0.25, -0.2) is 13.4 Å². The van der Waals surface area contributed by atoms with Gasteiger partial charge in [-0.05, 0) is 43.7 Å². The quantitative estimate of drug-likeness (QED) is 0.399. The first kappa shape index (κ1) is 22.9. The van der Waals surface area contributed by atoms with Crippen LogP contribution in [0.15, 0.2) is 63.9 Å². The fourth-order valence-electron chi connectivity index (χ4n) is 3.46. The number of hydrogen-bond donors (Lipinski definition) is 1. The molecule has 0 aliphatic carbocycles. The van der Waals surface area contributed by atoms with Gasteiger partial charge in [0.25, 0.3) is 0 Å². The summed E-state index contributed by atoms with van der Waals surface area (Å²) in [5, 5.41) is 7.34. The van der Waals surface area contributed by atoms with Crippen LogP contribution in [0.4, 0.5) is 5.13 Å². The molecule has 1 aliphatic heterocycles. The molecule has 1 saturated heterocycles. The maximum Gasteiger partial charge on any atom is 0.243 e. The number of hydrogen-bond acceptors (Lipinski definition) is 7. The smallest absolute Gasteiger partial charge is 0.243 e. The van der Waals surface area contributed by atoms with Crippen molar-refractivity contribution in [2.24, 2.45) is 5.10 Å². The molecule has 1 N–H and O–H groups in total. The third-order valence-electron chi connectivity index (χ3n) is 4.90. The summed E-state index contributed by atoms with van der Waals surface area (Å²) in [7, 11) is -3.62. The van der Waals surface area contributed by atoms with Crippen molar-refractivity contribution in [1.82, 2.24) is 9.29 Å². The predicted molar refractivity (Wildman–Crippen MR) is 129 cm³/mol. The SMILES string of the molecule is C[C@@H]1CN(S(=O)(=O)c2cccc(-c3csc(N/N=C/c4ccc(Cl)cc4)n3)c2)C[C@H](C)O1. The Morgan fingerprint density at radius 3 is 2.62 bits per heavy atom. The monoisotopic (exact) mass is 490 g/mol. The van der Waals surface area contributed by atoms with Crippen LogP contribution >= 0.6 is 22.9 Å². The Labute approximate surface area is 196 Å². The molecule has 1 aliphatic rings. The van der Waals surface area contributed by atoms with E-state index in [2.05, 4.69) is 15.5 Å². The van der Waals surface area contributed by atoms with E-state index in [0.717, 1.165) is 11.1 Å². The second-order valence-electron chi connectivity index (χ2n) is 7.57. The molecule has 2 heterocycles. The zero-order valence-corrected chi connectivity index (χ0v) is 20.0. The number of benzene rings is 2. The van der Waals surface area contributed by atoms with E-state index in [-0.39, 0.29) is 17.1 Å². The number of nitrogens with zero attached hydrogens (tertiary/aromatic N) is 3. The first-order valence-corrected chi connectivity index (χ1v) is 12.8. The van der Waals surface area contributed by atoms with Crippen molar-refractivity contribution in [2.45, 2.75) is 31.0 Å². The third kappa shape index (κ3) is 5.36. The molecular weight excluding hydrogens is 468 g/mol. The van der Waals surface area contributed by atoms with E-state index in [1.807, 2.05) is 37.4 Å². The molecule has 2 aromatic carbocycles. The molecule has 3 aromatic rings. The lowest BCUT2D eigenvalue weighted by molar-refractivity contribution is -0.0440. The van der Waals surface area contributed by atoms with Crippen LogP contribution in [-0.4, -0.2) is 49.2 Å². The van der Waals surface area contributed by atoms with Crippen LogP contribution in [0.1, 0.15) is 19.4 Å². The Morgan fingerprint density at radius 1 is 1.19 bits per heavy atom. The van der Waals surface area contributed by atoms with Crippen molar-refractivity contribution < 1.29 is 13.2 Å². The molecule has 168 valence electrons. The van der Waals surface area contributed by atoms with Gasteiger partial charge in [-0.2, -0.15) is 9.41 Å². The topological polar surface area (TPSA) is 83.9 Å². The van der Waals surface area contributed by atoms with Crippen LogP contribution in [0, 0.1) is 0 Å². The number of anilines is 1. The second kappa shape index (κ2) is 9.68. The van der Waals surface area contributed by atoms with Gasteiger partial charge in [-0.3, -0.25) is 5.43 Å². The number of aromatic nitrogens is 1. The van der Waals surface area contributed by atoms with Crippen molar-refractivity contribution in [1.29, 1.82) is 0 Å². The number of hydrazone groups is 1. The van der Waals surface area contributed by atoms with Gasteiger partial charge in [-0.15, -0.1) is 11.3 Å². The van der Waals surface area contributed by atoms with E-state index >= 15 is 0 Å². The third-order valence-corrected chi connectivity index (χ3v) is 7.73. The lowest BCUT2D eigenvalue weighted by Crippen LogP contribution is -2.48. The van der Waals surface area contributed by atoms with Gasteiger partial charge in [0, 0.05) is 29.1 Å². The summed E-state index contributed by atoms with van der Waals surface area (Å²) < 4.78 is 33.5. The van der Waals surface area contributed by atoms with E-state index in [0.29, 0.717) is 28.9 Å². The van der Waals surface area contributed by atoms with Crippen LogP contribution < -0.4 is 5.43 Å². The highest BCUT2D eigenvalue weighted by Gasteiger charge is 2.32. The molecule has 0 bridgehead atoms. The molecule has 0 amide bonds. The first-order valence-electron chi connectivity index (χ1n) is 10.1. The first-order chi connectivity index (χ1) is 15.3. The number of sulfonamides is 1. The van der Waals surface area contributed by atoms with Crippen LogP contribution in [0.5, 0.6) is 0 Å². The predicted octanol–water partition coefficient (Wildman–Crippen LogP) is 4.71. The Bertz CT molecular complexity index is 1200. The van der Waals surface area contributed by atoms with E-state index in [9.17, 15) is 8.42 Å². The fourth-order valence-corrected chi connectivity index (χ4v) is 5.89. The Hall–Kier alpha value is -2.30. The molecule has 0 unspecified atom stereocenters.